The van der Waals surface area contributed by atoms with Gasteiger partial charge < -0.3 is 20.5 Å². The fourth-order valence-electron chi connectivity index (χ4n) is 1.01. The molecule has 100 valence electrons. The number of amides is 1. The van der Waals surface area contributed by atoms with E-state index in [1.54, 1.807) is 6.92 Å². The quantitative estimate of drug-likeness (QED) is 0.347. The summed E-state index contributed by atoms with van der Waals surface area (Å²) in [6.07, 6.45) is 0. The monoisotopic (exact) mass is 246 g/mol. The predicted molar refractivity (Wildman–Crippen MR) is 63.3 cm³/mol. The minimum Gasteiger partial charge on any atom is -0.464 e. The average molecular weight is 246 g/mol. The number of carbonyl (C=O) groups is 2. The van der Waals surface area contributed by atoms with Crippen LogP contribution in [0.5, 0.6) is 0 Å². The second-order valence-electron chi connectivity index (χ2n) is 3.99. The molecule has 1 unspecified atom stereocenters. The number of nitrogens with two attached hydrogens (primary N) is 1. The lowest BCUT2D eigenvalue weighted by Gasteiger charge is -2.11. The molecule has 1 amide bonds. The fourth-order valence-corrected chi connectivity index (χ4v) is 1.01. The van der Waals surface area contributed by atoms with Gasteiger partial charge in [0.15, 0.2) is 6.04 Å². The predicted octanol–water partition coefficient (Wildman–Crippen LogP) is -0.334. The van der Waals surface area contributed by atoms with E-state index in [0.717, 1.165) is 0 Å². The molecule has 6 heteroatoms. The standard InChI is InChI=1S/C11H22N2O4/c1-4-17-11(15)9(12)10(14)13-5-6-16-7-8(2)3/h8-9H,4-7,12H2,1-3H3,(H,13,14). The van der Waals surface area contributed by atoms with E-state index < -0.39 is 17.9 Å². The summed E-state index contributed by atoms with van der Waals surface area (Å²) in [4.78, 5) is 22.5. The average Bonchev–Trinajstić information content (AvgIpc) is 2.27. The van der Waals surface area contributed by atoms with E-state index in [9.17, 15) is 9.59 Å². The lowest BCUT2D eigenvalue weighted by Crippen LogP contribution is -2.47. The molecule has 17 heavy (non-hydrogen) atoms. The Morgan fingerprint density at radius 1 is 1.35 bits per heavy atom. The molecule has 3 N–H and O–H groups in total. The van der Waals surface area contributed by atoms with Crippen LogP contribution in [0.25, 0.3) is 0 Å². The van der Waals surface area contributed by atoms with Gasteiger partial charge >= 0.3 is 5.97 Å². The van der Waals surface area contributed by atoms with Crippen LogP contribution in [0.4, 0.5) is 0 Å². The maximum Gasteiger partial charge on any atom is 0.332 e. The second-order valence-corrected chi connectivity index (χ2v) is 3.99. The van der Waals surface area contributed by atoms with Crippen LogP contribution in [0.1, 0.15) is 20.8 Å². The van der Waals surface area contributed by atoms with Gasteiger partial charge in [-0.05, 0) is 12.8 Å². The molecular weight excluding hydrogens is 224 g/mol. The third-order valence-electron chi connectivity index (χ3n) is 1.82. The van der Waals surface area contributed by atoms with Crippen molar-refractivity contribution in [3.8, 4) is 0 Å². The number of nitrogens with one attached hydrogen (secondary N) is 1. The molecule has 0 radical (unpaired) electrons. The highest BCUT2D eigenvalue weighted by Gasteiger charge is 2.22. The van der Waals surface area contributed by atoms with Crippen molar-refractivity contribution in [3.63, 3.8) is 0 Å². The summed E-state index contributed by atoms with van der Waals surface area (Å²) in [6, 6.07) is -1.26. The van der Waals surface area contributed by atoms with Crippen LogP contribution in [-0.4, -0.2) is 44.3 Å². The van der Waals surface area contributed by atoms with Crippen molar-refractivity contribution in [3.05, 3.63) is 0 Å². The Morgan fingerprint density at radius 2 is 2.00 bits per heavy atom. The molecule has 0 bridgehead atoms. The normalized spacial score (nSPS) is 12.3. The van der Waals surface area contributed by atoms with Crippen LogP contribution in [0.3, 0.4) is 0 Å². The van der Waals surface area contributed by atoms with E-state index in [-0.39, 0.29) is 6.61 Å². The largest absolute Gasteiger partial charge is 0.464 e. The van der Waals surface area contributed by atoms with Gasteiger partial charge in [0.1, 0.15) is 0 Å². The first-order chi connectivity index (χ1) is 7.99. The van der Waals surface area contributed by atoms with Crippen molar-refractivity contribution < 1.29 is 19.1 Å². The Labute approximate surface area is 102 Å². The number of hydrogen-bond donors (Lipinski definition) is 2. The van der Waals surface area contributed by atoms with Gasteiger partial charge in [-0.2, -0.15) is 0 Å². The molecule has 1 atom stereocenters. The first-order valence-electron chi connectivity index (χ1n) is 5.76. The Kier molecular flexibility index (Phi) is 8.35. The second kappa shape index (κ2) is 8.95. The van der Waals surface area contributed by atoms with Gasteiger partial charge in [0.2, 0.25) is 5.91 Å². The van der Waals surface area contributed by atoms with Gasteiger partial charge in [-0.1, -0.05) is 13.8 Å². The molecule has 0 heterocycles. The Hall–Kier alpha value is -1.14. The molecule has 0 aromatic heterocycles. The van der Waals surface area contributed by atoms with E-state index in [2.05, 4.69) is 10.1 Å². The van der Waals surface area contributed by atoms with Crippen LogP contribution >= 0.6 is 0 Å². The smallest absolute Gasteiger partial charge is 0.332 e. The van der Waals surface area contributed by atoms with Crippen LogP contribution in [0.2, 0.25) is 0 Å². The maximum atomic E-state index is 11.4. The summed E-state index contributed by atoms with van der Waals surface area (Å²) in [5.74, 6) is -0.808. The van der Waals surface area contributed by atoms with Crippen molar-refractivity contribution in [1.29, 1.82) is 0 Å². The van der Waals surface area contributed by atoms with E-state index in [1.807, 2.05) is 13.8 Å². The molecule has 0 spiro atoms. The highest BCUT2D eigenvalue weighted by molar-refractivity contribution is 6.01. The molecule has 0 aliphatic rings. The number of rotatable bonds is 8. The van der Waals surface area contributed by atoms with E-state index >= 15 is 0 Å². The number of ether oxygens (including phenoxy) is 2. The van der Waals surface area contributed by atoms with E-state index in [4.69, 9.17) is 10.5 Å². The van der Waals surface area contributed by atoms with Crippen LogP contribution < -0.4 is 11.1 Å². The van der Waals surface area contributed by atoms with Crippen molar-refractivity contribution in [2.75, 3.05) is 26.4 Å². The number of esters is 1. The summed E-state index contributed by atoms with van der Waals surface area (Å²) < 4.78 is 9.89. The van der Waals surface area contributed by atoms with E-state index in [0.29, 0.717) is 25.7 Å². The van der Waals surface area contributed by atoms with Crippen LogP contribution in [0, 0.1) is 5.92 Å². The molecule has 0 aromatic rings. The lowest BCUT2D eigenvalue weighted by atomic mass is 10.2. The molecule has 0 saturated carbocycles. The van der Waals surface area contributed by atoms with Crippen molar-refractivity contribution in [2.45, 2.75) is 26.8 Å². The minimum atomic E-state index is -1.26. The Morgan fingerprint density at radius 3 is 2.53 bits per heavy atom. The van der Waals surface area contributed by atoms with Crippen molar-refractivity contribution in [2.24, 2.45) is 11.7 Å². The highest BCUT2D eigenvalue weighted by Crippen LogP contribution is 1.91. The first kappa shape index (κ1) is 15.9. The lowest BCUT2D eigenvalue weighted by molar-refractivity contribution is -0.148. The zero-order chi connectivity index (χ0) is 13.3. The maximum absolute atomic E-state index is 11.4. The molecule has 0 aliphatic heterocycles. The van der Waals surface area contributed by atoms with Crippen LogP contribution in [-0.2, 0) is 19.1 Å². The summed E-state index contributed by atoms with van der Waals surface area (Å²) in [6.45, 7) is 7.31. The molecule has 0 saturated heterocycles. The molecule has 0 aromatic carbocycles. The zero-order valence-electron chi connectivity index (χ0n) is 10.7. The third-order valence-corrected chi connectivity index (χ3v) is 1.82. The van der Waals surface area contributed by atoms with Gasteiger partial charge in [-0.25, -0.2) is 4.79 Å². The third kappa shape index (κ3) is 7.70. The van der Waals surface area contributed by atoms with Gasteiger partial charge in [-0.3, -0.25) is 4.79 Å². The Balaban J connectivity index is 3.67. The summed E-state index contributed by atoms with van der Waals surface area (Å²) in [5, 5.41) is 2.51. The van der Waals surface area contributed by atoms with Gasteiger partial charge in [-0.15, -0.1) is 0 Å². The SMILES string of the molecule is CCOC(=O)C(N)C(=O)NCCOCC(C)C. The summed E-state index contributed by atoms with van der Waals surface area (Å²) >= 11 is 0. The van der Waals surface area contributed by atoms with Crippen molar-refractivity contribution in [1.82, 2.24) is 5.32 Å². The first-order valence-corrected chi connectivity index (χ1v) is 5.76. The van der Waals surface area contributed by atoms with Gasteiger partial charge in [0, 0.05) is 13.2 Å². The van der Waals surface area contributed by atoms with Gasteiger partial charge in [0.05, 0.1) is 13.2 Å². The minimum absolute atomic E-state index is 0.206. The summed E-state index contributed by atoms with van der Waals surface area (Å²) in [7, 11) is 0. The molecule has 0 fully saturated rings. The topological polar surface area (TPSA) is 90.7 Å². The number of hydrogen-bond acceptors (Lipinski definition) is 5. The Bertz CT molecular complexity index is 244. The number of carbonyl (C=O) groups excluding carboxylic acids is 2. The van der Waals surface area contributed by atoms with Crippen LogP contribution in [0.15, 0.2) is 0 Å². The molecule has 0 rings (SSSR count). The summed E-state index contributed by atoms with van der Waals surface area (Å²) in [5.41, 5.74) is 5.38. The fraction of sp³-hybridized carbons (Fsp3) is 0.818. The molecule has 6 nitrogen and oxygen atoms in total. The van der Waals surface area contributed by atoms with Gasteiger partial charge in [0.25, 0.3) is 0 Å². The van der Waals surface area contributed by atoms with Crippen molar-refractivity contribution >= 4 is 11.9 Å². The highest BCUT2D eigenvalue weighted by atomic mass is 16.5. The molecular formula is C11H22N2O4. The van der Waals surface area contributed by atoms with E-state index in [1.165, 1.54) is 0 Å². The zero-order valence-corrected chi connectivity index (χ0v) is 10.7. The molecule has 0 aliphatic carbocycles.